The summed E-state index contributed by atoms with van der Waals surface area (Å²) in [5, 5.41) is 0.254. The van der Waals surface area contributed by atoms with Crippen molar-refractivity contribution in [2.75, 3.05) is 0 Å². The third kappa shape index (κ3) is 1.30. The fourth-order valence-corrected chi connectivity index (χ4v) is 2.11. The lowest BCUT2D eigenvalue weighted by Crippen LogP contribution is -2.04. The highest BCUT2D eigenvalue weighted by Crippen LogP contribution is 2.20. The van der Waals surface area contributed by atoms with Crippen molar-refractivity contribution in [3.8, 4) is 22.8 Å². The summed E-state index contributed by atoms with van der Waals surface area (Å²) < 4.78 is 9.69. The third-order valence-electron chi connectivity index (χ3n) is 2.93. The van der Waals surface area contributed by atoms with Crippen molar-refractivity contribution in [3.05, 3.63) is 56.5 Å². The molecule has 4 rings (SSSR count). The van der Waals surface area contributed by atoms with E-state index in [2.05, 4.69) is 19.9 Å². The first kappa shape index (κ1) is 10.7. The molecule has 0 unspecified atom stereocenters. The minimum atomic E-state index is -0.550. The van der Waals surface area contributed by atoms with Gasteiger partial charge in [-0.3, -0.25) is 9.59 Å². The molecule has 0 aromatic carbocycles. The molecule has 0 radical (unpaired) electrons. The van der Waals surface area contributed by atoms with Crippen LogP contribution in [0.25, 0.3) is 22.8 Å². The van der Waals surface area contributed by atoms with Crippen LogP contribution in [0.5, 0.6) is 0 Å². The lowest BCUT2D eigenvalue weighted by atomic mass is 10.2. The van der Waals surface area contributed by atoms with E-state index in [9.17, 15) is 9.59 Å². The van der Waals surface area contributed by atoms with E-state index in [1.807, 2.05) is 0 Å². The molecule has 0 fully saturated rings. The fraction of sp³-hybridized carbons (Fsp3) is 0. The summed E-state index contributed by atoms with van der Waals surface area (Å²) in [6.07, 6.45) is 5.01. The fourth-order valence-electron chi connectivity index (χ4n) is 2.11. The second kappa shape index (κ2) is 3.67. The van der Waals surface area contributed by atoms with Crippen molar-refractivity contribution in [1.29, 1.82) is 0 Å². The molecule has 20 heavy (non-hydrogen) atoms. The Kier molecular flexibility index (Phi) is 1.97. The van der Waals surface area contributed by atoms with Gasteiger partial charge in [0.15, 0.2) is 12.8 Å². The van der Waals surface area contributed by atoms with Crippen LogP contribution in [0.2, 0.25) is 0 Å². The van der Waals surface area contributed by atoms with Gasteiger partial charge in [0.25, 0.3) is 11.1 Å². The Morgan fingerprint density at radius 2 is 1.20 bits per heavy atom. The summed E-state index contributed by atoms with van der Waals surface area (Å²) in [6.45, 7) is 0. The average molecular weight is 268 g/mol. The van der Waals surface area contributed by atoms with Gasteiger partial charge in [-0.2, -0.15) is 0 Å². The molecule has 0 saturated heterocycles. The molecule has 0 N–H and O–H groups in total. The van der Waals surface area contributed by atoms with E-state index in [-0.39, 0.29) is 21.8 Å². The number of rotatable bonds is 2. The molecule has 96 valence electrons. The average Bonchev–Trinajstić information content (AvgIpc) is 3.17. The molecule has 0 spiro atoms. The minimum Gasteiger partial charge on any atom is -0.451 e. The normalized spacial score (nSPS) is 11.4. The predicted octanol–water partition coefficient (Wildman–Crippen LogP) is 0.107. The van der Waals surface area contributed by atoms with E-state index in [1.165, 1.54) is 25.3 Å². The van der Waals surface area contributed by atoms with E-state index in [4.69, 9.17) is 8.83 Å². The summed E-state index contributed by atoms with van der Waals surface area (Å²) in [7, 11) is 0. The lowest BCUT2D eigenvalue weighted by molar-refractivity contribution is 0.558. The smallest absolute Gasteiger partial charge is 0.280 e. The first-order valence-corrected chi connectivity index (χ1v) is 5.54. The molecule has 0 saturated carbocycles. The maximum atomic E-state index is 12.0. The molecule has 0 amide bonds. The summed E-state index contributed by atoms with van der Waals surface area (Å²) >= 11 is 0. The van der Waals surface area contributed by atoms with Gasteiger partial charge in [-0.1, -0.05) is 0 Å². The van der Waals surface area contributed by atoms with E-state index < -0.39 is 11.1 Å². The topological polar surface area (TPSA) is 112 Å². The monoisotopic (exact) mass is 268 g/mol. The Bertz CT molecular complexity index is 942. The molecule has 2 aliphatic rings. The van der Waals surface area contributed by atoms with Gasteiger partial charge in [-0.25, -0.2) is 19.9 Å². The first-order valence-electron chi connectivity index (χ1n) is 5.54. The van der Waals surface area contributed by atoms with Crippen LogP contribution in [-0.4, -0.2) is 19.9 Å². The highest BCUT2D eigenvalue weighted by atomic mass is 16.3. The van der Waals surface area contributed by atoms with Crippen molar-refractivity contribution in [2.24, 2.45) is 0 Å². The molecular formula is C12H4N4O4. The third-order valence-corrected chi connectivity index (χ3v) is 2.93. The van der Waals surface area contributed by atoms with Crippen molar-refractivity contribution in [3.63, 3.8) is 0 Å². The Balaban J connectivity index is 2.17. The largest absolute Gasteiger partial charge is 0.451 e. The molecule has 0 aliphatic carbocycles. The second-order valence-corrected chi connectivity index (χ2v) is 4.03. The van der Waals surface area contributed by atoms with E-state index in [0.717, 1.165) is 0 Å². The number of hydrogen-bond donors (Lipinski definition) is 0. The van der Waals surface area contributed by atoms with Crippen LogP contribution in [0.4, 0.5) is 0 Å². The SMILES string of the molecule is O=c1nc(-c2cocn2)c2c(=O)nc(-c3cocn3)c1=2. The molecule has 8 nitrogen and oxygen atoms in total. The number of hydrogen-bond acceptors (Lipinski definition) is 8. The van der Waals surface area contributed by atoms with Crippen LogP contribution >= 0.6 is 0 Å². The van der Waals surface area contributed by atoms with Gasteiger partial charge in [0.1, 0.15) is 35.3 Å². The highest BCUT2D eigenvalue weighted by Gasteiger charge is 2.21. The minimum absolute atomic E-state index is 0.127. The van der Waals surface area contributed by atoms with Gasteiger partial charge in [0, 0.05) is 0 Å². The highest BCUT2D eigenvalue weighted by molar-refractivity contribution is 5.61. The maximum absolute atomic E-state index is 12.0. The first-order chi connectivity index (χ1) is 9.75. The molecule has 2 aromatic rings. The number of aromatic nitrogens is 4. The summed E-state index contributed by atoms with van der Waals surface area (Å²) in [5.74, 6) is 0. The van der Waals surface area contributed by atoms with Crippen LogP contribution in [0.15, 0.2) is 43.7 Å². The molecule has 4 heterocycles. The van der Waals surface area contributed by atoms with Gasteiger partial charge in [-0.15, -0.1) is 0 Å². The second-order valence-electron chi connectivity index (χ2n) is 4.03. The molecule has 2 aliphatic heterocycles. The summed E-state index contributed by atoms with van der Waals surface area (Å²) in [6, 6.07) is 0. The quantitative estimate of drug-likeness (QED) is 0.503. The van der Waals surface area contributed by atoms with Crippen molar-refractivity contribution >= 4 is 0 Å². The summed E-state index contributed by atoms with van der Waals surface area (Å²) in [4.78, 5) is 39.5. The lowest BCUT2D eigenvalue weighted by Gasteiger charge is -1.84. The zero-order valence-electron chi connectivity index (χ0n) is 9.73. The van der Waals surface area contributed by atoms with Crippen molar-refractivity contribution < 1.29 is 8.83 Å². The molecule has 0 atom stereocenters. The van der Waals surface area contributed by atoms with Crippen LogP contribution in [0.3, 0.4) is 0 Å². The molecule has 2 aromatic heterocycles. The molecule has 8 heteroatoms. The Labute approximate surface area is 109 Å². The standard InChI is InChI=1S/C12H4N4O4/c17-11-7-8(10(16-11)6-2-20-4-14-6)12(18)15-9(7)5-1-19-3-13-5/h1-4H. The zero-order valence-corrected chi connectivity index (χ0v) is 9.73. The van der Waals surface area contributed by atoms with Crippen molar-refractivity contribution in [2.45, 2.75) is 0 Å². The van der Waals surface area contributed by atoms with Crippen LogP contribution in [-0.2, 0) is 0 Å². The van der Waals surface area contributed by atoms with Crippen molar-refractivity contribution in [1.82, 2.24) is 19.9 Å². The molecular weight excluding hydrogens is 264 g/mol. The van der Waals surface area contributed by atoms with Gasteiger partial charge in [-0.05, 0) is 0 Å². The van der Waals surface area contributed by atoms with E-state index >= 15 is 0 Å². The van der Waals surface area contributed by atoms with E-state index in [1.54, 1.807) is 0 Å². The van der Waals surface area contributed by atoms with Gasteiger partial charge >= 0.3 is 0 Å². The maximum Gasteiger partial charge on any atom is 0.280 e. The van der Waals surface area contributed by atoms with Gasteiger partial charge in [0.2, 0.25) is 0 Å². The van der Waals surface area contributed by atoms with E-state index in [0.29, 0.717) is 11.4 Å². The van der Waals surface area contributed by atoms with Gasteiger partial charge in [0.05, 0.1) is 10.4 Å². The summed E-state index contributed by atoms with van der Waals surface area (Å²) in [5.41, 5.74) is -0.130. The zero-order chi connectivity index (χ0) is 13.7. The Hall–Kier alpha value is -3.16. The van der Waals surface area contributed by atoms with Gasteiger partial charge < -0.3 is 8.83 Å². The van der Waals surface area contributed by atoms with Crippen LogP contribution < -0.4 is 11.1 Å². The Morgan fingerprint density at radius 3 is 1.55 bits per heavy atom. The van der Waals surface area contributed by atoms with Crippen LogP contribution in [0, 0.1) is 10.4 Å². The van der Waals surface area contributed by atoms with Crippen LogP contribution in [0.1, 0.15) is 0 Å². The Morgan fingerprint density at radius 1 is 0.750 bits per heavy atom. The number of nitrogens with zero attached hydrogens (tertiary/aromatic N) is 4. The number of oxazole rings is 2. The molecule has 0 bridgehead atoms. The predicted molar refractivity (Wildman–Crippen MR) is 63.2 cm³/mol.